The van der Waals surface area contributed by atoms with E-state index in [0.29, 0.717) is 5.69 Å². The van der Waals surface area contributed by atoms with E-state index in [0.717, 1.165) is 0 Å². The zero-order valence-electron chi connectivity index (χ0n) is 10.0. The lowest BCUT2D eigenvalue weighted by Crippen LogP contribution is -2.15. The number of benzene rings is 1. The molecule has 0 bridgehead atoms. The third-order valence-corrected chi connectivity index (χ3v) is 3.62. The van der Waals surface area contributed by atoms with Crippen molar-refractivity contribution in [3.63, 3.8) is 0 Å². The molecule has 1 aromatic heterocycles. The SMILES string of the molecule is Cc1ccnc(NS(=O)(=O)c2cccc(C#N)c2)n1. The second-order valence-electron chi connectivity index (χ2n) is 3.77. The van der Waals surface area contributed by atoms with Gasteiger partial charge in [0, 0.05) is 11.9 Å². The minimum absolute atomic E-state index is 0.00219. The summed E-state index contributed by atoms with van der Waals surface area (Å²) in [4.78, 5) is 7.78. The van der Waals surface area contributed by atoms with Gasteiger partial charge in [0.1, 0.15) is 0 Å². The average molecular weight is 274 g/mol. The number of rotatable bonds is 3. The molecule has 0 saturated heterocycles. The van der Waals surface area contributed by atoms with E-state index in [-0.39, 0.29) is 16.4 Å². The fraction of sp³-hybridized carbons (Fsp3) is 0.0833. The average Bonchev–Trinajstić information content (AvgIpc) is 2.38. The smallest absolute Gasteiger partial charge is 0.247 e. The fourth-order valence-corrected chi connectivity index (χ4v) is 2.41. The summed E-state index contributed by atoms with van der Waals surface area (Å²) in [7, 11) is -3.79. The van der Waals surface area contributed by atoms with E-state index in [9.17, 15) is 8.42 Å². The summed E-state index contributed by atoms with van der Waals surface area (Å²) in [5, 5.41) is 8.76. The molecule has 6 nitrogen and oxygen atoms in total. The predicted molar refractivity (Wildman–Crippen MR) is 68.7 cm³/mol. The summed E-state index contributed by atoms with van der Waals surface area (Å²) >= 11 is 0. The summed E-state index contributed by atoms with van der Waals surface area (Å²) in [6.45, 7) is 1.73. The molecule has 2 rings (SSSR count). The lowest BCUT2D eigenvalue weighted by atomic mass is 10.2. The molecule has 19 heavy (non-hydrogen) atoms. The topological polar surface area (TPSA) is 95.7 Å². The van der Waals surface area contributed by atoms with Crippen LogP contribution in [0, 0.1) is 18.3 Å². The van der Waals surface area contributed by atoms with Gasteiger partial charge in [0.25, 0.3) is 10.0 Å². The summed E-state index contributed by atoms with van der Waals surface area (Å²) in [6, 6.07) is 9.28. The zero-order valence-corrected chi connectivity index (χ0v) is 10.8. The molecule has 0 fully saturated rings. The Bertz CT molecular complexity index is 750. The second-order valence-corrected chi connectivity index (χ2v) is 5.45. The highest BCUT2D eigenvalue weighted by atomic mass is 32.2. The molecular weight excluding hydrogens is 264 g/mol. The van der Waals surface area contributed by atoms with E-state index in [1.165, 1.54) is 30.5 Å². The number of sulfonamides is 1. The van der Waals surface area contributed by atoms with Gasteiger partial charge < -0.3 is 0 Å². The Kier molecular flexibility index (Phi) is 3.44. The van der Waals surface area contributed by atoms with E-state index < -0.39 is 10.0 Å². The minimum atomic E-state index is -3.79. The molecule has 0 saturated carbocycles. The number of aryl methyl sites for hydroxylation is 1. The van der Waals surface area contributed by atoms with E-state index in [1.807, 2.05) is 6.07 Å². The largest absolute Gasteiger partial charge is 0.264 e. The first-order valence-electron chi connectivity index (χ1n) is 5.34. The molecule has 0 unspecified atom stereocenters. The number of nitrogens with zero attached hydrogens (tertiary/aromatic N) is 3. The van der Waals surface area contributed by atoms with Gasteiger partial charge >= 0.3 is 0 Å². The molecule has 1 N–H and O–H groups in total. The van der Waals surface area contributed by atoms with Gasteiger partial charge in [0.15, 0.2) is 0 Å². The predicted octanol–water partition coefficient (Wildman–Crippen LogP) is 1.46. The van der Waals surface area contributed by atoms with Gasteiger partial charge in [-0.3, -0.25) is 0 Å². The van der Waals surface area contributed by atoms with Crippen LogP contribution in [0.25, 0.3) is 0 Å². The van der Waals surface area contributed by atoms with Crippen molar-refractivity contribution in [1.82, 2.24) is 9.97 Å². The zero-order chi connectivity index (χ0) is 13.9. The number of nitriles is 1. The molecule has 0 amide bonds. The summed E-state index contributed by atoms with van der Waals surface area (Å²) in [5.74, 6) is 0.00219. The van der Waals surface area contributed by atoms with Crippen molar-refractivity contribution in [3.05, 3.63) is 47.8 Å². The Morgan fingerprint density at radius 2 is 2.11 bits per heavy atom. The minimum Gasteiger partial charge on any atom is -0.247 e. The molecule has 0 radical (unpaired) electrons. The number of nitrogens with one attached hydrogen (secondary N) is 1. The quantitative estimate of drug-likeness (QED) is 0.914. The lowest BCUT2D eigenvalue weighted by Gasteiger charge is -2.06. The Hall–Kier alpha value is -2.46. The van der Waals surface area contributed by atoms with Crippen LogP contribution in [-0.4, -0.2) is 18.4 Å². The van der Waals surface area contributed by atoms with Crippen LogP contribution in [0.2, 0.25) is 0 Å². The van der Waals surface area contributed by atoms with Crippen molar-refractivity contribution >= 4 is 16.0 Å². The van der Waals surface area contributed by atoms with Gasteiger partial charge in [-0.15, -0.1) is 0 Å². The first kappa shape index (κ1) is 13.0. The normalized spacial score (nSPS) is 10.7. The van der Waals surface area contributed by atoms with Crippen LogP contribution in [0.1, 0.15) is 11.3 Å². The summed E-state index contributed by atoms with van der Waals surface area (Å²) < 4.78 is 26.4. The van der Waals surface area contributed by atoms with Crippen molar-refractivity contribution in [2.45, 2.75) is 11.8 Å². The van der Waals surface area contributed by atoms with E-state index >= 15 is 0 Å². The van der Waals surface area contributed by atoms with Gasteiger partial charge in [-0.05, 0) is 31.2 Å². The van der Waals surface area contributed by atoms with Crippen LogP contribution in [0.15, 0.2) is 41.4 Å². The van der Waals surface area contributed by atoms with Crippen LogP contribution in [0.4, 0.5) is 5.95 Å². The standard InChI is InChI=1S/C12H10N4O2S/c1-9-5-6-14-12(15-9)16-19(17,18)11-4-2-3-10(7-11)8-13/h2-7H,1H3,(H,14,15,16). The van der Waals surface area contributed by atoms with Crippen molar-refractivity contribution < 1.29 is 8.42 Å². The van der Waals surface area contributed by atoms with Crippen molar-refractivity contribution in [3.8, 4) is 6.07 Å². The van der Waals surface area contributed by atoms with Gasteiger partial charge in [-0.1, -0.05) is 6.07 Å². The third-order valence-electron chi connectivity index (χ3n) is 2.29. The lowest BCUT2D eigenvalue weighted by molar-refractivity contribution is 0.600. The van der Waals surface area contributed by atoms with Gasteiger partial charge in [-0.25, -0.2) is 23.1 Å². The Balaban J connectivity index is 2.35. The first-order valence-corrected chi connectivity index (χ1v) is 6.82. The number of hydrogen-bond acceptors (Lipinski definition) is 5. The maximum atomic E-state index is 12.1. The van der Waals surface area contributed by atoms with E-state index in [1.54, 1.807) is 13.0 Å². The molecule has 0 spiro atoms. The number of aromatic nitrogens is 2. The first-order chi connectivity index (χ1) is 9.01. The molecular formula is C12H10N4O2S. The van der Waals surface area contributed by atoms with Crippen LogP contribution in [0.5, 0.6) is 0 Å². The summed E-state index contributed by atoms with van der Waals surface area (Å²) in [6.07, 6.45) is 1.46. The third kappa shape index (κ3) is 3.05. The van der Waals surface area contributed by atoms with Crippen LogP contribution in [-0.2, 0) is 10.0 Å². The molecule has 0 atom stereocenters. The maximum Gasteiger partial charge on any atom is 0.264 e. The molecule has 0 aliphatic heterocycles. The molecule has 1 heterocycles. The van der Waals surface area contributed by atoms with Crippen molar-refractivity contribution in [2.24, 2.45) is 0 Å². The van der Waals surface area contributed by atoms with Crippen molar-refractivity contribution in [2.75, 3.05) is 4.72 Å². The molecule has 7 heteroatoms. The molecule has 96 valence electrons. The Labute approximate surface area is 110 Å². The molecule has 2 aromatic rings. The Morgan fingerprint density at radius 3 is 2.79 bits per heavy atom. The van der Waals surface area contributed by atoms with Gasteiger partial charge in [-0.2, -0.15) is 5.26 Å². The Morgan fingerprint density at radius 1 is 1.32 bits per heavy atom. The number of hydrogen-bond donors (Lipinski definition) is 1. The number of anilines is 1. The highest BCUT2D eigenvalue weighted by Gasteiger charge is 2.15. The van der Waals surface area contributed by atoms with Gasteiger partial charge in [0.05, 0.1) is 16.5 Å². The van der Waals surface area contributed by atoms with Gasteiger partial charge in [0.2, 0.25) is 5.95 Å². The van der Waals surface area contributed by atoms with E-state index in [2.05, 4.69) is 14.7 Å². The molecule has 0 aliphatic carbocycles. The fourth-order valence-electron chi connectivity index (χ4n) is 1.41. The van der Waals surface area contributed by atoms with Crippen LogP contribution in [0.3, 0.4) is 0 Å². The van der Waals surface area contributed by atoms with Crippen LogP contribution < -0.4 is 4.72 Å². The van der Waals surface area contributed by atoms with Crippen molar-refractivity contribution in [1.29, 1.82) is 5.26 Å². The highest BCUT2D eigenvalue weighted by molar-refractivity contribution is 7.92. The molecule has 0 aliphatic rings. The summed E-state index contributed by atoms with van der Waals surface area (Å²) in [5.41, 5.74) is 0.923. The molecule has 1 aromatic carbocycles. The highest BCUT2D eigenvalue weighted by Crippen LogP contribution is 2.14. The van der Waals surface area contributed by atoms with E-state index in [4.69, 9.17) is 5.26 Å². The monoisotopic (exact) mass is 274 g/mol. The van der Waals surface area contributed by atoms with Crippen LogP contribution >= 0.6 is 0 Å². The second kappa shape index (κ2) is 5.04. The maximum absolute atomic E-state index is 12.1.